The fraction of sp³-hybridized carbons (Fsp3) is 0.278. The van der Waals surface area contributed by atoms with Gasteiger partial charge in [0.2, 0.25) is 0 Å². The summed E-state index contributed by atoms with van der Waals surface area (Å²) in [5.41, 5.74) is 4.94. The lowest BCUT2D eigenvalue weighted by Gasteiger charge is -2.04. The van der Waals surface area contributed by atoms with Crippen LogP contribution in [0, 0.1) is 0 Å². The molecule has 1 aromatic heterocycles. The van der Waals surface area contributed by atoms with Gasteiger partial charge in [-0.1, -0.05) is 43.3 Å². The van der Waals surface area contributed by atoms with Crippen LogP contribution in [0.3, 0.4) is 0 Å². The maximum atomic E-state index is 4.70. The number of hydrogen-bond acceptors (Lipinski definition) is 2. The van der Waals surface area contributed by atoms with Crippen molar-refractivity contribution >= 4 is 11.0 Å². The highest BCUT2D eigenvalue weighted by Gasteiger charge is 2.08. The van der Waals surface area contributed by atoms with E-state index in [-0.39, 0.29) is 0 Å². The van der Waals surface area contributed by atoms with E-state index in [1.165, 1.54) is 16.6 Å². The molecule has 0 amide bonds. The van der Waals surface area contributed by atoms with Crippen molar-refractivity contribution in [1.82, 2.24) is 14.9 Å². The molecule has 0 fully saturated rings. The number of benzene rings is 2. The molecule has 3 heteroatoms. The minimum atomic E-state index is 0.815. The molecular weight excluding hydrogens is 258 g/mol. The van der Waals surface area contributed by atoms with Crippen molar-refractivity contribution in [1.29, 1.82) is 0 Å². The lowest BCUT2D eigenvalue weighted by atomic mass is 10.0. The summed E-state index contributed by atoms with van der Waals surface area (Å²) in [6, 6.07) is 17.1. The Kier molecular flexibility index (Phi) is 4.02. The van der Waals surface area contributed by atoms with Gasteiger partial charge in [0.25, 0.3) is 0 Å². The van der Waals surface area contributed by atoms with Crippen LogP contribution >= 0.6 is 0 Å². The number of rotatable bonds is 5. The number of hydrogen-bond donors (Lipinski definition) is 1. The molecule has 0 aliphatic carbocycles. The minimum absolute atomic E-state index is 0.815. The average molecular weight is 279 g/mol. The maximum absolute atomic E-state index is 4.70. The van der Waals surface area contributed by atoms with Crippen molar-refractivity contribution in [3.8, 4) is 0 Å². The smallest absolute Gasteiger partial charge is 0.123 e. The summed E-state index contributed by atoms with van der Waals surface area (Å²) in [4.78, 5) is 4.70. The number of fused-ring (bicyclic) bond motifs is 1. The van der Waals surface area contributed by atoms with E-state index in [4.69, 9.17) is 4.98 Å². The molecule has 1 N–H and O–H groups in total. The number of aryl methyl sites for hydroxylation is 1. The molecule has 3 rings (SSSR count). The molecule has 0 aliphatic rings. The van der Waals surface area contributed by atoms with Crippen LogP contribution in [0.15, 0.2) is 48.5 Å². The highest BCUT2D eigenvalue weighted by atomic mass is 15.1. The van der Waals surface area contributed by atoms with Gasteiger partial charge in [0.05, 0.1) is 17.6 Å². The Balaban J connectivity index is 1.90. The first-order valence-corrected chi connectivity index (χ1v) is 7.47. The van der Waals surface area contributed by atoms with E-state index >= 15 is 0 Å². The minimum Gasteiger partial charge on any atom is -0.330 e. The molecule has 0 atom stereocenters. The third-order valence-electron chi connectivity index (χ3n) is 3.82. The fourth-order valence-electron chi connectivity index (χ4n) is 2.62. The van der Waals surface area contributed by atoms with Crippen LogP contribution in [0.5, 0.6) is 0 Å². The van der Waals surface area contributed by atoms with Gasteiger partial charge in [-0.05, 0) is 36.2 Å². The summed E-state index contributed by atoms with van der Waals surface area (Å²) >= 11 is 0. The van der Waals surface area contributed by atoms with Crippen molar-refractivity contribution in [3.63, 3.8) is 0 Å². The van der Waals surface area contributed by atoms with Crippen LogP contribution in [-0.2, 0) is 20.0 Å². The SMILES string of the molecule is CCNCc1nc2ccc(Cc3ccccc3)cc2n1C. The zero-order chi connectivity index (χ0) is 14.7. The summed E-state index contributed by atoms with van der Waals surface area (Å²) in [5.74, 6) is 1.09. The van der Waals surface area contributed by atoms with Gasteiger partial charge in [0, 0.05) is 7.05 Å². The van der Waals surface area contributed by atoms with Gasteiger partial charge in [0.1, 0.15) is 5.82 Å². The van der Waals surface area contributed by atoms with Crippen molar-refractivity contribution in [3.05, 3.63) is 65.5 Å². The second kappa shape index (κ2) is 6.10. The number of imidazole rings is 1. The lowest BCUT2D eigenvalue weighted by Crippen LogP contribution is -2.15. The van der Waals surface area contributed by atoms with Gasteiger partial charge < -0.3 is 9.88 Å². The molecule has 0 spiro atoms. The van der Waals surface area contributed by atoms with Gasteiger partial charge in [-0.3, -0.25) is 0 Å². The molecule has 3 aromatic rings. The highest BCUT2D eigenvalue weighted by molar-refractivity contribution is 5.77. The molecule has 0 aliphatic heterocycles. The van der Waals surface area contributed by atoms with Crippen LogP contribution in [0.1, 0.15) is 23.9 Å². The van der Waals surface area contributed by atoms with Crippen LogP contribution in [0.2, 0.25) is 0 Å². The van der Waals surface area contributed by atoms with E-state index in [1.54, 1.807) is 0 Å². The van der Waals surface area contributed by atoms with Crippen molar-refractivity contribution in [2.24, 2.45) is 7.05 Å². The predicted molar refractivity (Wildman–Crippen MR) is 87.3 cm³/mol. The molecule has 0 bridgehead atoms. The number of nitrogens with one attached hydrogen (secondary N) is 1. The summed E-state index contributed by atoms with van der Waals surface area (Å²) in [6.45, 7) is 3.89. The summed E-state index contributed by atoms with van der Waals surface area (Å²) in [7, 11) is 2.09. The molecule has 1 heterocycles. The molecule has 0 saturated heterocycles. The lowest BCUT2D eigenvalue weighted by molar-refractivity contribution is 0.667. The Morgan fingerprint density at radius 3 is 2.62 bits per heavy atom. The van der Waals surface area contributed by atoms with Gasteiger partial charge in [-0.15, -0.1) is 0 Å². The number of nitrogens with zero attached hydrogens (tertiary/aromatic N) is 2. The Morgan fingerprint density at radius 1 is 1.05 bits per heavy atom. The van der Waals surface area contributed by atoms with Crippen LogP contribution < -0.4 is 5.32 Å². The van der Waals surface area contributed by atoms with Crippen molar-refractivity contribution in [2.45, 2.75) is 19.9 Å². The first-order valence-electron chi connectivity index (χ1n) is 7.47. The fourth-order valence-corrected chi connectivity index (χ4v) is 2.62. The van der Waals surface area contributed by atoms with Gasteiger partial charge in [0.15, 0.2) is 0 Å². The monoisotopic (exact) mass is 279 g/mol. The molecule has 0 saturated carbocycles. The second-order valence-electron chi connectivity index (χ2n) is 5.35. The van der Waals surface area contributed by atoms with E-state index in [0.29, 0.717) is 0 Å². The average Bonchev–Trinajstić information content (AvgIpc) is 2.83. The molecule has 0 radical (unpaired) electrons. The predicted octanol–water partition coefficient (Wildman–Crippen LogP) is 3.27. The van der Waals surface area contributed by atoms with Gasteiger partial charge in [-0.25, -0.2) is 4.98 Å². The Hall–Kier alpha value is -2.13. The first-order chi connectivity index (χ1) is 10.3. The second-order valence-corrected chi connectivity index (χ2v) is 5.35. The van der Waals surface area contributed by atoms with Crippen LogP contribution in [-0.4, -0.2) is 16.1 Å². The van der Waals surface area contributed by atoms with E-state index in [2.05, 4.69) is 72.4 Å². The normalized spacial score (nSPS) is 11.1. The first kappa shape index (κ1) is 13.8. The standard InChI is InChI=1S/C18H21N3/c1-3-19-13-18-20-16-10-9-15(12-17(16)21(18)2)11-14-7-5-4-6-8-14/h4-10,12,19H,3,11,13H2,1-2H3. The Labute approximate surface area is 125 Å². The Morgan fingerprint density at radius 2 is 1.86 bits per heavy atom. The third-order valence-corrected chi connectivity index (χ3v) is 3.82. The summed E-state index contributed by atoms with van der Waals surface area (Å²) < 4.78 is 2.19. The largest absolute Gasteiger partial charge is 0.330 e. The summed E-state index contributed by atoms with van der Waals surface area (Å²) in [6.07, 6.45) is 0.963. The van der Waals surface area contributed by atoms with Crippen molar-refractivity contribution in [2.75, 3.05) is 6.54 Å². The zero-order valence-electron chi connectivity index (χ0n) is 12.6. The van der Waals surface area contributed by atoms with Crippen LogP contribution in [0.25, 0.3) is 11.0 Å². The maximum Gasteiger partial charge on any atom is 0.123 e. The molecule has 0 unspecified atom stereocenters. The molecule has 108 valence electrons. The molecule has 3 nitrogen and oxygen atoms in total. The third kappa shape index (κ3) is 2.98. The molecular formula is C18H21N3. The zero-order valence-corrected chi connectivity index (χ0v) is 12.6. The molecule has 21 heavy (non-hydrogen) atoms. The number of aromatic nitrogens is 2. The van der Waals surface area contributed by atoms with E-state index < -0.39 is 0 Å². The Bertz CT molecular complexity index is 729. The highest BCUT2D eigenvalue weighted by Crippen LogP contribution is 2.19. The quantitative estimate of drug-likeness (QED) is 0.777. The topological polar surface area (TPSA) is 29.9 Å². The van der Waals surface area contributed by atoms with E-state index in [1.807, 2.05) is 0 Å². The van der Waals surface area contributed by atoms with Crippen LogP contribution in [0.4, 0.5) is 0 Å². The van der Waals surface area contributed by atoms with E-state index in [9.17, 15) is 0 Å². The van der Waals surface area contributed by atoms with E-state index in [0.717, 1.165) is 30.9 Å². The summed E-state index contributed by atoms with van der Waals surface area (Å²) in [5, 5.41) is 3.34. The molecule has 2 aromatic carbocycles. The van der Waals surface area contributed by atoms with Gasteiger partial charge in [-0.2, -0.15) is 0 Å². The van der Waals surface area contributed by atoms with Crippen molar-refractivity contribution < 1.29 is 0 Å². The van der Waals surface area contributed by atoms with Gasteiger partial charge >= 0.3 is 0 Å².